The van der Waals surface area contributed by atoms with Gasteiger partial charge in [0.05, 0.1) is 11.5 Å². The lowest BCUT2D eigenvalue weighted by molar-refractivity contribution is -0.120. The van der Waals surface area contributed by atoms with Gasteiger partial charge >= 0.3 is 0 Å². The molecule has 0 aliphatic heterocycles. The van der Waals surface area contributed by atoms with Crippen molar-refractivity contribution in [1.29, 1.82) is 0 Å². The predicted molar refractivity (Wildman–Crippen MR) is 60.5 cm³/mol. The minimum Gasteiger partial charge on any atom is -0.299 e. The van der Waals surface area contributed by atoms with E-state index in [4.69, 9.17) is 0 Å². The number of Topliss-reactive ketones (excluding diaryl/α,β-unsaturated/α-hetero) is 1. The van der Waals surface area contributed by atoms with Crippen molar-refractivity contribution in [1.82, 2.24) is 0 Å². The maximum Gasteiger partial charge on any atom is 0.150 e. The summed E-state index contributed by atoms with van der Waals surface area (Å²) in [5, 5.41) is 0. The van der Waals surface area contributed by atoms with Gasteiger partial charge < -0.3 is 0 Å². The summed E-state index contributed by atoms with van der Waals surface area (Å²) in [4.78, 5) is 11.3. The molecule has 0 bridgehead atoms. The number of sulfone groups is 1. The van der Waals surface area contributed by atoms with Gasteiger partial charge in [-0.15, -0.1) is 0 Å². The Morgan fingerprint density at radius 2 is 2.07 bits per heavy atom. The summed E-state index contributed by atoms with van der Waals surface area (Å²) in [5.74, 6) is 0.881. The van der Waals surface area contributed by atoms with Crippen molar-refractivity contribution in [3.05, 3.63) is 0 Å². The third-order valence-corrected chi connectivity index (χ3v) is 4.83. The van der Waals surface area contributed by atoms with Gasteiger partial charge in [0.2, 0.25) is 0 Å². The van der Waals surface area contributed by atoms with E-state index in [2.05, 4.69) is 0 Å². The largest absolute Gasteiger partial charge is 0.299 e. The molecule has 0 aromatic carbocycles. The van der Waals surface area contributed by atoms with Crippen molar-refractivity contribution in [2.75, 3.05) is 11.5 Å². The Bertz CT molecular complexity index is 317. The smallest absolute Gasteiger partial charge is 0.150 e. The van der Waals surface area contributed by atoms with Gasteiger partial charge in [0.25, 0.3) is 0 Å². The van der Waals surface area contributed by atoms with Crippen LogP contribution in [0.5, 0.6) is 0 Å². The number of rotatable bonds is 5. The lowest BCUT2D eigenvalue weighted by atomic mass is 10.1. The molecule has 3 nitrogen and oxygen atoms in total. The van der Waals surface area contributed by atoms with Crippen molar-refractivity contribution >= 4 is 15.6 Å². The van der Waals surface area contributed by atoms with E-state index in [-0.39, 0.29) is 29.1 Å². The Morgan fingerprint density at radius 1 is 1.40 bits per heavy atom. The molecule has 1 unspecified atom stereocenters. The van der Waals surface area contributed by atoms with Crippen LogP contribution in [-0.2, 0) is 14.6 Å². The monoisotopic (exact) mass is 232 g/mol. The van der Waals surface area contributed by atoms with Gasteiger partial charge in [-0.2, -0.15) is 0 Å². The molecule has 0 heterocycles. The minimum atomic E-state index is -2.94. The van der Waals surface area contributed by atoms with Crippen molar-refractivity contribution in [2.24, 2.45) is 11.8 Å². The molecule has 1 aliphatic rings. The highest BCUT2D eigenvalue weighted by Crippen LogP contribution is 2.24. The fourth-order valence-corrected chi connectivity index (χ4v) is 3.93. The lowest BCUT2D eigenvalue weighted by Crippen LogP contribution is -2.19. The van der Waals surface area contributed by atoms with Gasteiger partial charge in [-0.05, 0) is 25.2 Å². The zero-order chi connectivity index (χ0) is 11.5. The van der Waals surface area contributed by atoms with E-state index in [1.54, 1.807) is 0 Å². The average molecular weight is 232 g/mol. The second-order valence-corrected chi connectivity index (χ2v) is 7.08. The van der Waals surface area contributed by atoms with Crippen LogP contribution in [-0.4, -0.2) is 25.7 Å². The zero-order valence-electron chi connectivity index (χ0n) is 9.53. The molecule has 1 aliphatic carbocycles. The SMILES string of the molecule is CC(C)CS(=O)(=O)CCC1CCCC1=O. The molecule has 1 saturated carbocycles. The van der Waals surface area contributed by atoms with Gasteiger partial charge in [-0.3, -0.25) is 4.79 Å². The van der Waals surface area contributed by atoms with E-state index in [1.165, 1.54) is 0 Å². The molecule has 1 fully saturated rings. The Morgan fingerprint density at radius 3 is 2.53 bits per heavy atom. The van der Waals surface area contributed by atoms with E-state index in [0.29, 0.717) is 12.8 Å². The lowest BCUT2D eigenvalue weighted by Gasteiger charge is -2.09. The van der Waals surface area contributed by atoms with E-state index in [9.17, 15) is 13.2 Å². The van der Waals surface area contributed by atoms with Crippen LogP contribution in [0.2, 0.25) is 0 Å². The van der Waals surface area contributed by atoms with E-state index < -0.39 is 9.84 Å². The standard InChI is InChI=1S/C11H20O3S/c1-9(2)8-15(13,14)7-6-10-4-3-5-11(10)12/h9-10H,3-8H2,1-2H3. The van der Waals surface area contributed by atoms with Crippen LogP contribution in [0.4, 0.5) is 0 Å². The summed E-state index contributed by atoms with van der Waals surface area (Å²) < 4.78 is 23.2. The minimum absolute atomic E-state index is 0.0203. The zero-order valence-corrected chi connectivity index (χ0v) is 10.3. The summed E-state index contributed by atoms with van der Waals surface area (Å²) in [7, 11) is -2.94. The Hall–Kier alpha value is -0.380. The highest BCUT2D eigenvalue weighted by Gasteiger charge is 2.26. The molecule has 0 aromatic rings. The predicted octanol–water partition coefficient (Wildman–Crippen LogP) is 1.82. The molecule has 0 aromatic heterocycles. The molecule has 88 valence electrons. The van der Waals surface area contributed by atoms with Crippen molar-refractivity contribution in [2.45, 2.75) is 39.5 Å². The van der Waals surface area contributed by atoms with Crippen LogP contribution < -0.4 is 0 Å². The fraction of sp³-hybridized carbons (Fsp3) is 0.909. The summed E-state index contributed by atoms with van der Waals surface area (Å²) in [6.07, 6.45) is 3.01. The number of hydrogen-bond donors (Lipinski definition) is 0. The van der Waals surface area contributed by atoms with E-state index in [0.717, 1.165) is 12.8 Å². The molecule has 0 spiro atoms. The van der Waals surface area contributed by atoms with E-state index >= 15 is 0 Å². The van der Waals surface area contributed by atoms with Gasteiger partial charge in [-0.25, -0.2) is 8.42 Å². The molecule has 0 amide bonds. The van der Waals surface area contributed by atoms with Crippen molar-refractivity contribution in [3.8, 4) is 0 Å². The molecule has 0 N–H and O–H groups in total. The van der Waals surface area contributed by atoms with Crippen molar-refractivity contribution in [3.63, 3.8) is 0 Å². The van der Waals surface area contributed by atoms with Crippen molar-refractivity contribution < 1.29 is 13.2 Å². The quantitative estimate of drug-likeness (QED) is 0.726. The first-order valence-corrected chi connectivity index (χ1v) is 7.46. The van der Waals surface area contributed by atoms with E-state index in [1.807, 2.05) is 13.8 Å². The molecule has 4 heteroatoms. The summed E-state index contributed by atoms with van der Waals surface area (Å²) in [5.41, 5.74) is 0. The number of hydrogen-bond acceptors (Lipinski definition) is 3. The van der Waals surface area contributed by atoms with Crippen LogP contribution in [0.25, 0.3) is 0 Å². The molecule has 0 radical (unpaired) electrons. The second kappa shape index (κ2) is 5.10. The number of carbonyl (C=O) groups is 1. The Balaban J connectivity index is 2.39. The number of ketones is 1. The first-order chi connectivity index (χ1) is 6.91. The first kappa shape index (κ1) is 12.7. The van der Waals surface area contributed by atoms with Crippen LogP contribution in [0.15, 0.2) is 0 Å². The van der Waals surface area contributed by atoms with Gasteiger partial charge in [-0.1, -0.05) is 13.8 Å². The topological polar surface area (TPSA) is 51.2 Å². The fourth-order valence-electron chi connectivity index (χ4n) is 2.11. The normalized spacial score (nSPS) is 22.6. The highest BCUT2D eigenvalue weighted by molar-refractivity contribution is 7.91. The Labute approximate surface area is 92.2 Å². The molecule has 0 saturated heterocycles. The maximum atomic E-state index is 11.6. The molecule has 1 rings (SSSR count). The molecule has 15 heavy (non-hydrogen) atoms. The molecule has 1 atom stereocenters. The highest BCUT2D eigenvalue weighted by atomic mass is 32.2. The molecular weight excluding hydrogens is 212 g/mol. The summed E-state index contributed by atoms with van der Waals surface area (Å²) >= 11 is 0. The summed E-state index contributed by atoms with van der Waals surface area (Å²) in [6, 6.07) is 0. The second-order valence-electron chi connectivity index (χ2n) is 4.85. The van der Waals surface area contributed by atoms with Gasteiger partial charge in [0.15, 0.2) is 9.84 Å². The van der Waals surface area contributed by atoms with Crippen LogP contribution in [0.3, 0.4) is 0 Å². The first-order valence-electron chi connectivity index (χ1n) is 5.64. The maximum absolute atomic E-state index is 11.6. The average Bonchev–Trinajstić information content (AvgIpc) is 2.45. The third kappa shape index (κ3) is 4.33. The van der Waals surface area contributed by atoms with Gasteiger partial charge in [0, 0.05) is 12.3 Å². The third-order valence-electron chi connectivity index (χ3n) is 2.80. The van der Waals surface area contributed by atoms with Crippen LogP contribution in [0, 0.1) is 11.8 Å². The number of carbonyl (C=O) groups excluding carboxylic acids is 1. The van der Waals surface area contributed by atoms with Crippen LogP contribution >= 0.6 is 0 Å². The summed E-state index contributed by atoms with van der Waals surface area (Å²) in [6.45, 7) is 3.80. The van der Waals surface area contributed by atoms with Crippen LogP contribution in [0.1, 0.15) is 39.5 Å². The molecular formula is C11H20O3S. The Kier molecular flexibility index (Phi) is 4.32. The van der Waals surface area contributed by atoms with Gasteiger partial charge in [0.1, 0.15) is 5.78 Å².